The number of carbonyl (C=O) groups excluding carboxylic acids is 1. The third-order valence-corrected chi connectivity index (χ3v) is 4.81. The number of hydrogen-bond donors (Lipinski definition) is 0. The molecule has 0 N–H and O–H groups in total. The predicted molar refractivity (Wildman–Crippen MR) is 108 cm³/mol. The molecule has 1 saturated heterocycles. The van der Waals surface area contributed by atoms with Crippen molar-refractivity contribution in [3.8, 4) is 23.0 Å². The summed E-state index contributed by atoms with van der Waals surface area (Å²) in [5.74, 6) is 2.34. The third kappa shape index (κ3) is 3.94. The molecule has 1 aliphatic heterocycles. The lowest BCUT2D eigenvalue weighted by atomic mass is 10.1. The summed E-state index contributed by atoms with van der Waals surface area (Å²) in [5.41, 5.74) is 1.59. The molecule has 29 heavy (non-hydrogen) atoms. The summed E-state index contributed by atoms with van der Waals surface area (Å²) in [4.78, 5) is 18.9. The summed E-state index contributed by atoms with van der Waals surface area (Å²) >= 11 is 0. The third-order valence-electron chi connectivity index (χ3n) is 4.81. The van der Waals surface area contributed by atoms with Crippen LogP contribution < -0.4 is 14.4 Å². The fraction of sp³-hybridized carbons (Fsp3) is 0.318. The van der Waals surface area contributed by atoms with Crippen LogP contribution in [0.1, 0.15) is 32.0 Å². The Kier molecular flexibility index (Phi) is 5.46. The molecular formula is C22H23N3O4. The van der Waals surface area contributed by atoms with Crippen LogP contribution in [0.3, 0.4) is 0 Å². The summed E-state index contributed by atoms with van der Waals surface area (Å²) < 4.78 is 16.6. The van der Waals surface area contributed by atoms with E-state index in [2.05, 4.69) is 10.1 Å². The van der Waals surface area contributed by atoms with Gasteiger partial charge in [-0.3, -0.25) is 4.79 Å². The van der Waals surface area contributed by atoms with Gasteiger partial charge in [0.1, 0.15) is 11.5 Å². The van der Waals surface area contributed by atoms with Crippen molar-refractivity contribution < 1.29 is 18.8 Å². The minimum Gasteiger partial charge on any atom is -0.494 e. The molecule has 0 aliphatic carbocycles. The van der Waals surface area contributed by atoms with E-state index in [-0.39, 0.29) is 11.8 Å². The number of carbonyl (C=O) groups is 1. The van der Waals surface area contributed by atoms with Crippen molar-refractivity contribution in [2.24, 2.45) is 0 Å². The van der Waals surface area contributed by atoms with Gasteiger partial charge in [-0.2, -0.15) is 4.98 Å². The Bertz CT molecular complexity index is 984. The average Bonchev–Trinajstić information content (AvgIpc) is 3.37. The van der Waals surface area contributed by atoms with Crippen LogP contribution in [-0.2, 0) is 4.79 Å². The van der Waals surface area contributed by atoms with Crippen LogP contribution in [-0.4, -0.2) is 35.8 Å². The number of nitrogens with zero attached hydrogens (tertiary/aromatic N) is 3. The molecule has 1 amide bonds. The molecule has 0 bridgehead atoms. The quantitative estimate of drug-likeness (QED) is 0.603. The predicted octanol–water partition coefficient (Wildman–Crippen LogP) is 4.05. The topological polar surface area (TPSA) is 77.7 Å². The second-order valence-electron chi connectivity index (χ2n) is 6.72. The number of benzene rings is 2. The second-order valence-corrected chi connectivity index (χ2v) is 6.72. The zero-order valence-corrected chi connectivity index (χ0v) is 16.5. The van der Waals surface area contributed by atoms with Crippen LogP contribution in [0.15, 0.2) is 53.1 Å². The van der Waals surface area contributed by atoms with Crippen molar-refractivity contribution >= 4 is 11.6 Å². The standard InChI is InChI=1S/C22H23N3O4/c1-3-27-17-11-9-16(10-12-17)25-14-15(13-20(25)26)21-23-22(29-24-21)18-7-5-6-8-19(18)28-4-2/h5-12,15H,3-4,13-14H2,1-2H3. The molecule has 0 spiro atoms. The molecule has 1 aliphatic rings. The molecule has 2 heterocycles. The van der Waals surface area contributed by atoms with Crippen molar-refractivity contribution in [3.05, 3.63) is 54.4 Å². The lowest BCUT2D eigenvalue weighted by Gasteiger charge is -2.16. The van der Waals surface area contributed by atoms with Crippen LogP contribution in [0, 0.1) is 0 Å². The van der Waals surface area contributed by atoms with E-state index in [0.29, 0.717) is 43.6 Å². The van der Waals surface area contributed by atoms with Crippen molar-refractivity contribution in [1.29, 1.82) is 0 Å². The highest BCUT2D eigenvalue weighted by Crippen LogP contribution is 2.34. The highest BCUT2D eigenvalue weighted by molar-refractivity contribution is 5.96. The minimum absolute atomic E-state index is 0.0419. The van der Waals surface area contributed by atoms with E-state index in [4.69, 9.17) is 14.0 Å². The molecule has 2 aromatic carbocycles. The molecule has 1 fully saturated rings. The van der Waals surface area contributed by atoms with Crippen molar-refractivity contribution in [2.45, 2.75) is 26.2 Å². The van der Waals surface area contributed by atoms with Gasteiger partial charge in [-0.15, -0.1) is 0 Å². The van der Waals surface area contributed by atoms with E-state index in [1.807, 2.05) is 62.4 Å². The first-order valence-electron chi connectivity index (χ1n) is 9.78. The van der Waals surface area contributed by atoms with E-state index in [1.165, 1.54) is 0 Å². The van der Waals surface area contributed by atoms with E-state index in [9.17, 15) is 4.79 Å². The van der Waals surface area contributed by atoms with E-state index < -0.39 is 0 Å². The van der Waals surface area contributed by atoms with Crippen LogP contribution >= 0.6 is 0 Å². The number of aromatic nitrogens is 2. The minimum atomic E-state index is -0.120. The average molecular weight is 393 g/mol. The van der Waals surface area contributed by atoms with E-state index >= 15 is 0 Å². The normalized spacial score (nSPS) is 16.3. The maximum absolute atomic E-state index is 12.6. The summed E-state index contributed by atoms with van der Waals surface area (Å²) in [6.07, 6.45) is 0.347. The highest BCUT2D eigenvalue weighted by Gasteiger charge is 2.34. The molecule has 7 nitrogen and oxygen atoms in total. The molecule has 1 unspecified atom stereocenters. The second kappa shape index (κ2) is 8.34. The summed E-state index contributed by atoms with van der Waals surface area (Å²) in [6, 6.07) is 15.1. The van der Waals surface area contributed by atoms with Crippen molar-refractivity contribution in [3.63, 3.8) is 0 Å². The van der Waals surface area contributed by atoms with E-state index in [1.54, 1.807) is 4.90 Å². The van der Waals surface area contributed by atoms with Crippen LogP contribution in [0.4, 0.5) is 5.69 Å². The Hall–Kier alpha value is -3.35. The lowest BCUT2D eigenvalue weighted by Crippen LogP contribution is -2.24. The fourth-order valence-corrected chi connectivity index (χ4v) is 3.45. The zero-order valence-electron chi connectivity index (χ0n) is 16.5. The molecule has 1 aromatic heterocycles. The van der Waals surface area contributed by atoms with Gasteiger partial charge < -0.3 is 18.9 Å². The fourth-order valence-electron chi connectivity index (χ4n) is 3.45. The van der Waals surface area contributed by atoms with Crippen molar-refractivity contribution in [2.75, 3.05) is 24.7 Å². The first-order valence-corrected chi connectivity index (χ1v) is 9.78. The van der Waals surface area contributed by atoms with Gasteiger partial charge in [-0.1, -0.05) is 17.3 Å². The van der Waals surface area contributed by atoms with Gasteiger partial charge in [-0.25, -0.2) is 0 Å². The van der Waals surface area contributed by atoms with Gasteiger partial charge in [0.2, 0.25) is 5.91 Å². The molecular weight excluding hydrogens is 370 g/mol. The Labute approximate surface area is 169 Å². The first-order chi connectivity index (χ1) is 14.2. The van der Waals surface area contributed by atoms with Gasteiger partial charge in [0, 0.05) is 24.6 Å². The number of para-hydroxylation sites is 1. The summed E-state index contributed by atoms with van der Waals surface area (Å²) in [7, 11) is 0. The maximum Gasteiger partial charge on any atom is 0.261 e. The molecule has 0 radical (unpaired) electrons. The Morgan fingerprint density at radius 2 is 1.83 bits per heavy atom. The molecule has 7 heteroatoms. The molecule has 0 saturated carbocycles. The van der Waals surface area contributed by atoms with Gasteiger partial charge in [-0.05, 0) is 50.2 Å². The monoisotopic (exact) mass is 393 g/mol. The maximum atomic E-state index is 12.6. The van der Waals surface area contributed by atoms with Crippen LogP contribution in [0.2, 0.25) is 0 Å². The highest BCUT2D eigenvalue weighted by atomic mass is 16.5. The molecule has 3 aromatic rings. The van der Waals surface area contributed by atoms with Gasteiger partial charge in [0.15, 0.2) is 5.82 Å². The Balaban J connectivity index is 1.51. The lowest BCUT2D eigenvalue weighted by molar-refractivity contribution is -0.117. The Morgan fingerprint density at radius 3 is 2.59 bits per heavy atom. The van der Waals surface area contributed by atoms with Gasteiger partial charge in [0.05, 0.1) is 18.8 Å². The van der Waals surface area contributed by atoms with E-state index in [0.717, 1.165) is 17.0 Å². The Morgan fingerprint density at radius 1 is 1.07 bits per heavy atom. The van der Waals surface area contributed by atoms with Crippen LogP contribution in [0.5, 0.6) is 11.5 Å². The number of amides is 1. The number of rotatable bonds is 7. The summed E-state index contributed by atoms with van der Waals surface area (Å²) in [5, 5.41) is 4.14. The van der Waals surface area contributed by atoms with Crippen LogP contribution in [0.25, 0.3) is 11.5 Å². The first kappa shape index (κ1) is 19.0. The largest absolute Gasteiger partial charge is 0.494 e. The smallest absolute Gasteiger partial charge is 0.261 e. The molecule has 150 valence electrons. The SMILES string of the molecule is CCOc1ccc(N2CC(c3noc(-c4ccccc4OCC)n3)CC2=O)cc1. The van der Waals surface area contributed by atoms with Gasteiger partial charge in [0.25, 0.3) is 5.89 Å². The van der Waals surface area contributed by atoms with Gasteiger partial charge >= 0.3 is 0 Å². The zero-order chi connectivity index (χ0) is 20.2. The number of hydrogen-bond acceptors (Lipinski definition) is 6. The number of ether oxygens (including phenoxy) is 2. The van der Waals surface area contributed by atoms with Crippen molar-refractivity contribution in [1.82, 2.24) is 10.1 Å². The molecule has 4 rings (SSSR count). The summed E-state index contributed by atoms with van der Waals surface area (Å²) in [6.45, 7) is 5.53. The number of anilines is 1. The molecule has 1 atom stereocenters.